The molecule has 0 saturated carbocycles. The molecule has 2 aromatic rings. The lowest BCUT2D eigenvalue weighted by molar-refractivity contribution is -0.122. The van der Waals surface area contributed by atoms with Crippen molar-refractivity contribution >= 4 is 23.3 Å². The molecule has 3 rings (SSSR count). The van der Waals surface area contributed by atoms with Gasteiger partial charge in [-0.3, -0.25) is 14.6 Å². The molecule has 124 valence electrons. The van der Waals surface area contributed by atoms with E-state index in [1.807, 2.05) is 0 Å². The Bertz CT molecular complexity index is 815. The van der Waals surface area contributed by atoms with E-state index in [-0.39, 0.29) is 30.6 Å². The molecule has 1 fully saturated rings. The Morgan fingerprint density at radius 2 is 2.04 bits per heavy atom. The minimum absolute atomic E-state index is 0.118. The second-order valence-corrected chi connectivity index (χ2v) is 5.38. The van der Waals surface area contributed by atoms with Gasteiger partial charge in [-0.1, -0.05) is 0 Å². The third-order valence-corrected chi connectivity index (χ3v) is 3.81. The number of carbonyl (C=O) groups is 2. The van der Waals surface area contributed by atoms with Gasteiger partial charge in [0.2, 0.25) is 11.8 Å². The summed E-state index contributed by atoms with van der Waals surface area (Å²) in [7, 11) is 1.57. The summed E-state index contributed by atoms with van der Waals surface area (Å²) < 4.78 is 5.09. The molecule has 2 N–H and O–H groups in total. The summed E-state index contributed by atoms with van der Waals surface area (Å²) >= 11 is 0. The first-order valence-corrected chi connectivity index (χ1v) is 7.37. The van der Waals surface area contributed by atoms with Crippen molar-refractivity contribution in [2.45, 2.75) is 6.42 Å². The number of anilines is 2. The van der Waals surface area contributed by atoms with Crippen LogP contribution in [0.25, 0.3) is 0 Å². The number of aromatic nitrogens is 2. The predicted molar refractivity (Wildman–Crippen MR) is 86.9 cm³/mol. The van der Waals surface area contributed by atoms with Crippen LogP contribution in [-0.2, 0) is 9.59 Å². The maximum Gasteiger partial charge on any atom is 0.346 e. The molecule has 1 aromatic carbocycles. The molecule has 1 unspecified atom stereocenters. The van der Waals surface area contributed by atoms with Crippen LogP contribution < -0.4 is 20.6 Å². The van der Waals surface area contributed by atoms with Crippen LogP contribution in [0.2, 0.25) is 0 Å². The highest BCUT2D eigenvalue weighted by molar-refractivity contribution is 6.03. The first-order chi connectivity index (χ1) is 11.6. The van der Waals surface area contributed by atoms with Crippen LogP contribution >= 0.6 is 0 Å². The minimum atomic E-state index is -0.546. The molecular formula is C16H16N4O4. The van der Waals surface area contributed by atoms with E-state index in [4.69, 9.17) is 4.74 Å². The van der Waals surface area contributed by atoms with E-state index in [1.54, 1.807) is 36.3 Å². The predicted octanol–water partition coefficient (Wildman–Crippen LogP) is 0.770. The zero-order valence-corrected chi connectivity index (χ0v) is 13.0. The highest BCUT2D eigenvalue weighted by Gasteiger charge is 2.35. The number of hydrogen-bond acceptors (Lipinski definition) is 5. The van der Waals surface area contributed by atoms with Gasteiger partial charge >= 0.3 is 5.69 Å². The van der Waals surface area contributed by atoms with Gasteiger partial charge < -0.3 is 15.0 Å². The van der Waals surface area contributed by atoms with E-state index >= 15 is 0 Å². The zero-order valence-electron chi connectivity index (χ0n) is 13.0. The number of carbonyl (C=O) groups excluding carboxylic acids is 2. The quantitative estimate of drug-likeness (QED) is 0.862. The van der Waals surface area contributed by atoms with Crippen molar-refractivity contribution in [2.24, 2.45) is 5.92 Å². The largest absolute Gasteiger partial charge is 0.497 e. The highest BCUT2D eigenvalue weighted by Crippen LogP contribution is 2.27. The van der Waals surface area contributed by atoms with E-state index in [9.17, 15) is 14.4 Å². The SMILES string of the molecule is COc1ccc(N2CC(C(=O)Nc3ccnc(=O)[nH]3)CC2=O)cc1. The van der Waals surface area contributed by atoms with E-state index in [1.165, 1.54) is 12.3 Å². The molecule has 8 heteroatoms. The number of ether oxygens (including phenoxy) is 1. The summed E-state index contributed by atoms with van der Waals surface area (Å²) in [5.74, 6) is 0.0256. The molecule has 0 radical (unpaired) electrons. The van der Waals surface area contributed by atoms with Crippen molar-refractivity contribution in [3.05, 3.63) is 47.0 Å². The number of H-pyrrole nitrogens is 1. The number of methoxy groups -OCH3 is 1. The topological polar surface area (TPSA) is 104 Å². The lowest BCUT2D eigenvalue weighted by Gasteiger charge is -2.17. The number of nitrogens with one attached hydrogen (secondary N) is 2. The number of hydrogen-bond donors (Lipinski definition) is 2. The molecule has 1 atom stereocenters. The molecule has 24 heavy (non-hydrogen) atoms. The fourth-order valence-corrected chi connectivity index (χ4v) is 2.57. The van der Waals surface area contributed by atoms with Crippen molar-refractivity contribution in [3.63, 3.8) is 0 Å². The van der Waals surface area contributed by atoms with Gasteiger partial charge in [0.05, 0.1) is 13.0 Å². The Hall–Kier alpha value is -3.16. The van der Waals surface area contributed by atoms with Crippen LogP contribution in [0.4, 0.5) is 11.5 Å². The smallest absolute Gasteiger partial charge is 0.346 e. The summed E-state index contributed by atoms with van der Waals surface area (Å²) in [5.41, 5.74) is 0.170. The monoisotopic (exact) mass is 328 g/mol. The van der Waals surface area contributed by atoms with Crippen molar-refractivity contribution < 1.29 is 14.3 Å². The second-order valence-electron chi connectivity index (χ2n) is 5.38. The number of rotatable bonds is 4. The normalized spacial score (nSPS) is 17.0. The van der Waals surface area contributed by atoms with Gasteiger partial charge in [-0.15, -0.1) is 0 Å². The van der Waals surface area contributed by atoms with Crippen molar-refractivity contribution in [3.8, 4) is 5.75 Å². The van der Waals surface area contributed by atoms with Gasteiger partial charge in [0.15, 0.2) is 0 Å². The molecular weight excluding hydrogens is 312 g/mol. The molecule has 8 nitrogen and oxygen atoms in total. The Morgan fingerprint density at radius 1 is 1.29 bits per heavy atom. The van der Waals surface area contributed by atoms with Gasteiger partial charge in [-0.25, -0.2) is 9.78 Å². The molecule has 1 aliphatic heterocycles. The molecule has 0 bridgehead atoms. The van der Waals surface area contributed by atoms with E-state index in [2.05, 4.69) is 15.3 Å². The Kier molecular flexibility index (Phi) is 4.28. The van der Waals surface area contributed by atoms with Crippen molar-refractivity contribution in [2.75, 3.05) is 23.9 Å². The molecule has 2 heterocycles. The Balaban J connectivity index is 1.69. The lowest BCUT2D eigenvalue weighted by atomic mass is 10.1. The minimum Gasteiger partial charge on any atom is -0.497 e. The van der Waals surface area contributed by atoms with Gasteiger partial charge in [0, 0.05) is 24.8 Å². The third-order valence-electron chi connectivity index (χ3n) is 3.81. The summed E-state index contributed by atoms with van der Waals surface area (Å²) in [5, 5.41) is 2.60. The van der Waals surface area contributed by atoms with Crippen LogP contribution in [0, 0.1) is 5.92 Å². The number of amides is 2. The average Bonchev–Trinajstić information content (AvgIpc) is 2.97. The van der Waals surface area contributed by atoms with Gasteiger partial charge in [-0.2, -0.15) is 0 Å². The molecule has 1 aromatic heterocycles. The molecule has 0 aliphatic carbocycles. The highest BCUT2D eigenvalue weighted by atomic mass is 16.5. The Morgan fingerprint density at radius 3 is 2.71 bits per heavy atom. The maximum absolute atomic E-state index is 12.3. The summed E-state index contributed by atoms with van der Waals surface area (Å²) in [6, 6.07) is 8.56. The van der Waals surface area contributed by atoms with Crippen molar-refractivity contribution in [1.29, 1.82) is 0 Å². The second kappa shape index (κ2) is 6.53. The van der Waals surface area contributed by atoms with Crippen LogP contribution in [0.15, 0.2) is 41.3 Å². The van der Waals surface area contributed by atoms with E-state index in [0.717, 1.165) is 0 Å². The van der Waals surface area contributed by atoms with Crippen LogP contribution in [0.5, 0.6) is 5.75 Å². The lowest BCUT2D eigenvalue weighted by Crippen LogP contribution is -2.28. The van der Waals surface area contributed by atoms with Gasteiger partial charge in [-0.05, 0) is 30.3 Å². The third kappa shape index (κ3) is 3.27. The molecule has 1 aliphatic rings. The summed E-state index contributed by atoms with van der Waals surface area (Å²) in [6.07, 6.45) is 1.42. The summed E-state index contributed by atoms with van der Waals surface area (Å²) in [4.78, 5) is 43.1. The number of benzene rings is 1. The average molecular weight is 328 g/mol. The molecule has 2 amide bonds. The van der Waals surface area contributed by atoms with Crippen LogP contribution in [0.1, 0.15) is 6.42 Å². The van der Waals surface area contributed by atoms with E-state index in [0.29, 0.717) is 11.4 Å². The Labute approximate surface area is 137 Å². The standard InChI is InChI=1S/C16H16N4O4/c1-24-12-4-2-11(3-5-12)20-9-10(8-14(20)21)15(22)18-13-6-7-17-16(23)19-13/h2-7,10H,8-9H2,1H3,(H2,17,18,19,22,23). The number of nitrogens with zero attached hydrogens (tertiary/aromatic N) is 2. The van der Waals surface area contributed by atoms with Crippen LogP contribution in [-0.4, -0.2) is 35.4 Å². The van der Waals surface area contributed by atoms with Crippen LogP contribution in [0.3, 0.4) is 0 Å². The van der Waals surface area contributed by atoms with Gasteiger partial charge in [0.1, 0.15) is 11.6 Å². The van der Waals surface area contributed by atoms with Gasteiger partial charge in [0.25, 0.3) is 0 Å². The fourth-order valence-electron chi connectivity index (χ4n) is 2.57. The first-order valence-electron chi connectivity index (χ1n) is 7.37. The van der Waals surface area contributed by atoms with E-state index < -0.39 is 11.6 Å². The fraction of sp³-hybridized carbons (Fsp3) is 0.250. The summed E-state index contributed by atoms with van der Waals surface area (Å²) in [6.45, 7) is 0.284. The first kappa shape index (κ1) is 15.7. The molecule has 0 spiro atoms. The maximum atomic E-state index is 12.3. The van der Waals surface area contributed by atoms with Crippen molar-refractivity contribution in [1.82, 2.24) is 9.97 Å². The molecule has 1 saturated heterocycles. The zero-order chi connectivity index (χ0) is 17.1. The number of aromatic amines is 1.